The minimum absolute atomic E-state index is 0.107. The lowest BCUT2D eigenvalue weighted by molar-refractivity contribution is -0.384. The van der Waals surface area contributed by atoms with Crippen molar-refractivity contribution in [2.75, 3.05) is 0 Å². The Kier molecular flexibility index (Phi) is 7.30. The number of nitro groups is 1. The summed E-state index contributed by atoms with van der Waals surface area (Å²) in [5.74, 6) is 0.303. The molecule has 32 heavy (non-hydrogen) atoms. The highest BCUT2D eigenvalue weighted by atomic mass is 16.6. The van der Waals surface area contributed by atoms with E-state index < -0.39 is 0 Å². The third-order valence-corrected chi connectivity index (χ3v) is 6.66. The summed E-state index contributed by atoms with van der Waals surface area (Å²) in [4.78, 5) is 13.3. The summed E-state index contributed by atoms with van der Waals surface area (Å²) >= 11 is 0. The Morgan fingerprint density at radius 1 is 0.844 bits per heavy atom. The van der Waals surface area contributed by atoms with Crippen molar-refractivity contribution in [3.05, 3.63) is 112 Å². The third kappa shape index (κ3) is 5.42. The van der Waals surface area contributed by atoms with Gasteiger partial charge in [-0.05, 0) is 35.4 Å². The number of hydrogen-bond donors (Lipinski definition) is 1. The molecule has 4 rings (SSSR count). The molecule has 3 aromatic carbocycles. The van der Waals surface area contributed by atoms with Crippen molar-refractivity contribution in [3.8, 4) is 0 Å². The molecule has 0 aromatic heterocycles. The lowest BCUT2D eigenvalue weighted by Crippen LogP contribution is -2.45. The Hall–Kier alpha value is -3.02. The Balaban J connectivity index is 1.60. The summed E-state index contributed by atoms with van der Waals surface area (Å²) in [6, 6.07) is 28.2. The normalized spacial score (nSPS) is 19.6. The van der Waals surface area contributed by atoms with Crippen LogP contribution in [0.3, 0.4) is 0 Å². The van der Waals surface area contributed by atoms with Crippen LogP contribution in [0, 0.1) is 16.0 Å². The van der Waals surface area contributed by atoms with E-state index in [1.807, 2.05) is 12.1 Å². The molecule has 1 saturated carbocycles. The Morgan fingerprint density at radius 2 is 1.38 bits per heavy atom. The third-order valence-electron chi connectivity index (χ3n) is 6.66. The second-order valence-corrected chi connectivity index (χ2v) is 8.77. The summed E-state index contributed by atoms with van der Waals surface area (Å²) in [6.07, 6.45) is 4.56. The molecular weight excluding hydrogens is 398 g/mol. The summed E-state index contributed by atoms with van der Waals surface area (Å²) < 4.78 is 0. The standard InChI is InChI=1S/C27H31N3O2/c28-27(23-15-17-24(18-16-23)30(31)32)25-13-7-8-14-26(25)29(19-21-9-3-1-4-10-21)20-22-11-5-2-6-12-22/h1-6,9-12,15-18,25-27H,7-8,13-14,19-20,28H2. The average Bonchev–Trinajstić information content (AvgIpc) is 2.84. The van der Waals surface area contributed by atoms with Gasteiger partial charge >= 0.3 is 0 Å². The number of benzene rings is 3. The van der Waals surface area contributed by atoms with Crippen molar-refractivity contribution in [1.29, 1.82) is 0 Å². The lowest BCUT2D eigenvalue weighted by Gasteiger charge is -2.43. The molecule has 0 aliphatic heterocycles. The topological polar surface area (TPSA) is 72.4 Å². The molecular formula is C27H31N3O2. The van der Waals surface area contributed by atoms with Crippen LogP contribution in [-0.2, 0) is 13.1 Å². The van der Waals surface area contributed by atoms with Crippen molar-refractivity contribution in [2.24, 2.45) is 11.7 Å². The van der Waals surface area contributed by atoms with E-state index in [1.165, 1.54) is 24.0 Å². The molecule has 3 unspecified atom stereocenters. The van der Waals surface area contributed by atoms with Gasteiger partial charge in [-0.2, -0.15) is 0 Å². The van der Waals surface area contributed by atoms with Crippen LogP contribution in [0.25, 0.3) is 0 Å². The zero-order valence-corrected chi connectivity index (χ0v) is 18.3. The molecule has 0 amide bonds. The van der Waals surface area contributed by atoms with Crippen LogP contribution in [0.5, 0.6) is 0 Å². The van der Waals surface area contributed by atoms with Gasteiger partial charge in [-0.15, -0.1) is 0 Å². The second kappa shape index (κ2) is 10.5. The van der Waals surface area contributed by atoms with E-state index in [9.17, 15) is 10.1 Å². The molecule has 1 fully saturated rings. The molecule has 0 saturated heterocycles. The molecule has 3 aromatic rings. The van der Waals surface area contributed by atoms with Gasteiger partial charge in [0.1, 0.15) is 0 Å². The zero-order chi connectivity index (χ0) is 22.3. The molecule has 1 aliphatic carbocycles. The van der Waals surface area contributed by atoms with Crippen molar-refractivity contribution in [2.45, 2.75) is 50.9 Å². The van der Waals surface area contributed by atoms with Crippen molar-refractivity contribution >= 4 is 5.69 Å². The first-order valence-electron chi connectivity index (χ1n) is 11.4. The van der Waals surface area contributed by atoms with E-state index in [2.05, 4.69) is 65.6 Å². The van der Waals surface area contributed by atoms with Gasteiger partial charge in [0, 0.05) is 37.3 Å². The molecule has 0 heterocycles. The summed E-state index contributed by atoms with van der Waals surface area (Å²) in [5.41, 5.74) is 10.5. The molecule has 5 nitrogen and oxygen atoms in total. The van der Waals surface area contributed by atoms with Crippen LogP contribution in [0.1, 0.15) is 48.4 Å². The maximum atomic E-state index is 11.0. The van der Waals surface area contributed by atoms with Crippen LogP contribution in [0.2, 0.25) is 0 Å². The highest BCUT2D eigenvalue weighted by Crippen LogP contribution is 2.37. The Morgan fingerprint density at radius 3 is 1.91 bits per heavy atom. The average molecular weight is 430 g/mol. The number of nitrogens with zero attached hydrogens (tertiary/aromatic N) is 2. The van der Waals surface area contributed by atoms with Crippen LogP contribution in [-0.4, -0.2) is 15.9 Å². The maximum absolute atomic E-state index is 11.0. The van der Waals surface area contributed by atoms with E-state index in [0.717, 1.165) is 31.5 Å². The maximum Gasteiger partial charge on any atom is 0.269 e. The molecule has 3 atom stereocenters. The van der Waals surface area contributed by atoms with E-state index >= 15 is 0 Å². The molecule has 0 radical (unpaired) electrons. The fraction of sp³-hybridized carbons (Fsp3) is 0.333. The summed E-state index contributed by atoms with van der Waals surface area (Å²) in [7, 11) is 0. The number of hydrogen-bond acceptors (Lipinski definition) is 4. The van der Waals surface area contributed by atoms with Gasteiger partial charge in [-0.1, -0.05) is 85.6 Å². The number of nitrogens with two attached hydrogens (primary N) is 1. The van der Waals surface area contributed by atoms with E-state index in [-0.39, 0.29) is 16.7 Å². The summed E-state index contributed by atoms with van der Waals surface area (Å²) in [6.45, 7) is 1.76. The second-order valence-electron chi connectivity index (χ2n) is 8.77. The van der Waals surface area contributed by atoms with Gasteiger partial charge in [0.05, 0.1) is 4.92 Å². The van der Waals surface area contributed by atoms with Gasteiger partial charge in [-0.3, -0.25) is 15.0 Å². The van der Waals surface area contributed by atoms with Crippen molar-refractivity contribution < 1.29 is 4.92 Å². The van der Waals surface area contributed by atoms with Crippen LogP contribution >= 0.6 is 0 Å². The Bertz CT molecular complexity index is 951. The van der Waals surface area contributed by atoms with E-state index in [4.69, 9.17) is 5.73 Å². The fourth-order valence-electron chi connectivity index (χ4n) is 5.00. The smallest absolute Gasteiger partial charge is 0.269 e. The predicted molar refractivity (Wildman–Crippen MR) is 128 cm³/mol. The minimum Gasteiger partial charge on any atom is -0.324 e. The molecule has 0 spiro atoms. The molecule has 1 aliphatic rings. The van der Waals surface area contributed by atoms with E-state index in [0.29, 0.717) is 12.0 Å². The van der Waals surface area contributed by atoms with Crippen LogP contribution in [0.15, 0.2) is 84.9 Å². The monoisotopic (exact) mass is 429 g/mol. The molecule has 2 N–H and O–H groups in total. The van der Waals surface area contributed by atoms with Gasteiger partial charge in [0.2, 0.25) is 0 Å². The minimum atomic E-state index is -0.361. The van der Waals surface area contributed by atoms with Gasteiger partial charge in [0.25, 0.3) is 5.69 Å². The zero-order valence-electron chi connectivity index (χ0n) is 18.3. The molecule has 166 valence electrons. The Labute approximate surface area is 190 Å². The number of non-ortho nitro benzene ring substituents is 1. The SMILES string of the molecule is NC(c1ccc([N+](=O)[O-])cc1)C1CCCCC1N(Cc1ccccc1)Cc1ccccc1. The highest BCUT2D eigenvalue weighted by Gasteiger charge is 2.34. The number of nitro benzene ring substituents is 1. The van der Waals surface area contributed by atoms with Crippen molar-refractivity contribution in [1.82, 2.24) is 4.90 Å². The first-order chi connectivity index (χ1) is 15.6. The van der Waals surface area contributed by atoms with Gasteiger partial charge < -0.3 is 5.73 Å². The van der Waals surface area contributed by atoms with Crippen LogP contribution < -0.4 is 5.73 Å². The van der Waals surface area contributed by atoms with Crippen LogP contribution in [0.4, 0.5) is 5.69 Å². The largest absolute Gasteiger partial charge is 0.324 e. The molecule has 5 heteroatoms. The van der Waals surface area contributed by atoms with Gasteiger partial charge in [-0.25, -0.2) is 0 Å². The first kappa shape index (κ1) is 22.2. The lowest BCUT2D eigenvalue weighted by atomic mass is 9.76. The fourth-order valence-corrected chi connectivity index (χ4v) is 5.00. The van der Waals surface area contributed by atoms with E-state index in [1.54, 1.807) is 12.1 Å². The number of rotatable bonds is 8. The predicted octanol–water partition coefficient (Wildman–Crippen LogP) is 5.86. The first-order valence-corrected chi connectivity index (χ1v) is 11.4. The summed E-state index contributed by atoms with van der Waals surface area (Å²) in [5, 5.41) is 11.0. The highest BCUT2D eigenvalue weighted by molar-refractivity contribution is 5.34. The van der Waals surface area contributed by atoms with Gasteiger partial charge in [0.15, 0.2) is 0 Å². The van der Waals surface area contributed by atoms with Crippen molar-refractivity contribution in [3.63, 3.8) is 0 Å². The molecule has 0 bridgehead atoms. The quantitative estimate of drug-likeness (QED) is 0.360.